The minimum absolute atomic E-state index is 0.0278. The lowest BCUT2D eigenvalue weighted by Crippen LogP contribution is -2.24. The van der Waals surface area contributed by atoms with Crippen molar-refractivity contribution in [2.24, 2.45) is 0 Å². The highest BCUT2D eigenvalue weighted by Gasteiger charge is 2.14. The third-order valence-electron chi connectivity index (χ3n) is 3.10. The van der Waals surface area contributed by atoms with Crippen LogP contribution >= 0.6 is 0 Å². The van der Waals surface area contributed by atoms with E-state index in [9.17, 15) is 0 Å². The van der Waals surface area contributed by atoms with Crippen molar-refractivity contribution in [2.45, 2.75) is 111 Å². The molecule has 0 spiro atoms. The van der Waals surface area contributed by atoms with Crippen molar-refractivity contribution in [1.29, 1.82) is 0 Å². The smallest absolute Gasteiger partial charge is 0.157 e. The Morgan fingerprint density at radius 3 is 1.05 bits per heavy atom. The van der Waals surface area contributed by atoms with Gasteiger partial charge in [-0.15, -0.1) is 0 Å². The van der Waals surface area contributed by atoms with Gasteiger partial charge in [-0.2, -0.15) is 0 Å². The van der Waals surface area contributed by atoms with Crippen LogP contribution < -0.4 is 0 Å². The Kier molecular flexibility index (Phi) is 55.9. The first-order chi connectivity index (χ1) is 18.5. The lowest BCUT2D eigenvalue weighted by Gasteiger charge is -2.17. The van der Waals surface area contributed by atoms with E-state index in [4.69, 9.17) is 60.9 Å². The minimum atomic E-state index is -0.819. The van der Waals surface area contributed by atoms with E-state index in [0.29, 0.717) is 45.7 Å². The molecule has 0 rings (SSSR count). The summed E-state index contributed by atoms with van der Waals surface area (Å²) in [6, 6.07) is 0. The van der Waals surface area contributed by atoms with E-state index in [1.807, 2.05) is 0 Å². The second-order valence-electron chi connectivity index (χ2n) is 8.79. The first kappa shape index (κ1) is 52.1. The molecule has 0 aliphatic heterocycles. The van der Waals surface area contributed by atoms with E-state index in [1.54, 1.807) is 55.4 Å². The fourth-order valence-corrected chi connectivity index (χ4v) is 1.74. The fraction of sp³-hybridized carbons (Fsp3) is 1.00. The molecule has 0 saturated carbocycles. The molecular weight excluding hydrogens is 536 g/mol. The van der Waals surface area contributed by atoms with Gasteiger partial charge in [-0.1, -0.05) is 13.8 Å². The van der Waals surface area contributed by atoms with Crippen LogP contribution in [0, 0.1) is 0 Å². The molecule has 0 fully saturated rings. The largest absolute Gasteiger partial charge is 0.397 e. The predicted octanol–water partition coefficient (Wildman–Crippen LogP) is -1.29. The minimum Gasteiger partial charge on any atom is -0.397 e. The Morgan fingerprint density at radius 1 is 0.575 bits per heavy atom. The molecule has 5 atom stereocenters. The number of rotatable bonds is 15. The SMILES string of the molecule is CC(O)CC(C)(C)O.CC(O)COCC(C)O.CCC(O)OC(O)CC.CCO.OCCO.OCCOCCO. The molecule has 0 aromatic rings. The molecule has 14 heteroatoms. The highest BCUT2D eigenvalue weighted by Crippen LogP contribution is 2.09. The quantitative estimate of drug-likeness (QED) is 0.0773. The number of ether oxygens (including phenoxy) is 3. The Labute approximate surface area is 241 Å². The van der Waals surface area contributed by atoms with Gasteiger partial charge >= 0.3 is 0 Å². The van der Waals surface area contributed by atoms with Crippen LogP contribution in [0.3, 0.4) is 0 Å². The van der Waals surface area contributed by atoms with Crippen LogP contribution in [0.25, 0.3) is 0 Å². The van der Waals surface area contributed by atoms with Crippen molar-refractivity contribution in [2.75, 3.05) is 59.5 Å². The molecule has 0 amide bonds. The molecule has 0 saturated heterocycles. The molecule has 40 heavy (non-hydrogen) atoms. The predicted molar refractivity (Wildman–Crippen MR) is 152 cm³/mol. The van der Waals surface area contributed by atoms with E-state index in [0.717, 1.165) is 0 Å². The van der Waals surface area contributed by atoms with Gasteiger partial charge in [-0.05, 0) is 54.4 Å². The van der Waals surface area contributed by atoms with Gasteiger partial charge in [0.2, 0.25) is 0 Å². The monoisotopic (exact) mass is 600 g/mol. The zero-order chi connectivity index (χ0) is 33.0. The molecule has 0 aliphatic rings. The topological polar surface area (TPSA) is 250 Å². The molecule has 11 N–H and O–H groups in total. The van der Waals surface area contributed by atoms with Crippen molar-refractivity contribution in [3.8, 4) is 0 Å². The third-order valence-corrected chi connectivity index (χ3v) is 3.10. The highest BCUT2D eigenvalue weighted by molar-refractivity contribution is 4.67. The van der Waals surface area contributed by atoms with Gasteiger partial charge in [0, 0.05) is 13.0 Å². The molecule has 0 heterocycles. The van der Waals surface area contributed by atoms with Crippen LogP contribution in [-0.4, -0.2) is 152 Å². The second kappa shape index (κ2) is 42.9. The summed E-state index contributed by atoms with van der Waals surface area (Å²) in [4.78, 5) is 0. The van der Waals surface area contributed by atoms with Crippen LogP contribution in [-0.2, 0) is 14.2 Å². The third kappa shape index (κ3) is 90.5. The Bertz CT molecular complexity index is 372. The molecule has 252 valence electrons. The number of hydrogen-bond donors (Lipinski definition) is 11. The van der Waals surface area contributed by atoms with Gasteiger partial charge in [0.15, 0.2) is 12.6 Å². The number of aliphatic hydroxyl groups excluding tert-OH is 10. The number of hydrogen-bond acceptors (Lipinski definition) is 14. The van der Waals surface area contributed by atoms with Gasteiger partial charge < -0.3 is 70.4 Å². The van der Waals surface area contributed by atoms with Crippen molar-refractivity contribution in [3.63, 3.8) is 0 Å². The first-order valence-electron chi connectivity index (χ1n) is 13.5. The Balaban J connectivity index is -0.0000000896. The van der Waals surface area contributed by atoms with Gasteiger partial charge in [0.25, 0.3) is 0 Å². The summed E-state index contributed by atoms with van der Waals surface area (Å²) in [6.45, 7) is 14.8. The molecule has 0 radical (unpaired) electrons. The fourth-order valence-electron chi connectivity index (χ4n) is 1.74. The Hall–Kier alpha value is -0.560. The van der Waals surface area contributed by atoms with Gasteiger partial charge in [0.1, 0.15) is 0 Å². The lowest BCUT2D eigenvalue weighted by atomic mass is 10.0. The summed E-state index contributed by atoms with van der Waals surface area (Å²) >= 11 is 0. The van der Waals surface area contributed by atoms with E-state index in [1.165, 1.54) is 0 Å². The molecular formula is C26H64O14. The van der Waals surface area contributed by atoms with Gasteiger partial charge in [-0.3, -0.25) is 0 Å². The lowest BCUT2D eigenvalue weighted by molar-refractivity contribution is -0.208. The average Bonchev–Trinajstić information content (AvgIpc) is 2.84. The van der Waals surface area contributed by atoms with E-state index in [-0.39, 0.29) is 33.0 Å². The van der Waals surface area contributed by atoms with E-state index < -0.39 is 36.5 Å². The van der Waals surface area contributed by atoms with Crippen LogP contribution in [0.15, 0.2) is 0 Å². The molecule has 0 aromatic heterocycles. The summed E-state index contributed by atoms with van der Waals surface area (Å²) in [5.41, 5.74) is -0.728. The summed E-state index contributed by atoms with van der Waals surface area (Å²) in [6.07, 6.45) is -1.47. The summed E-state index contributed by atoms with van der Waals surface area (Å²) in [5.74, 6) is 0. The Morgan fingerprint density at radius 2 is 0.900 bits per heavy atom. The maximum Gasteiger partial charge on any atom is 0.157 e. The summed E-state index contributed by atoms with van der Waals surface area (Å²) in [5, 5.41) is 91.6. The first-order valence-corrected chi connectivity index (χ1v) is 13.5. The normalized spacial score (nSPS) is 13.9. The molecule has 0 aromatic carbocycles. The molecule has 0 bridgehead atoms. The average molecular weight is 601 g/mol. The van der Waals surface area contributed by atoms with Gasteiger partial charge in [0.05, 0.1) is 76.8 Å². The summed E-state index contributed by atoms with van der Waals surface area (Å²) in [7, 11) is 0. The zero-order valence-corrected chi connectivity index (χ0v) is 26.0. The summed E-state index contributed by atoms with van der Waals surface area (Å²) < 4.78 is 14.1. The van der Waals surface area contributed by atoms with Crippen LogP contribution in [0.2, 0.25) is 0 Å². The second-order valence-corrected chi connectivity index (χ2v) is 8.79. The van der Waals surface area contributed by atoms with Crippen molar-refractivity contribution >= 4 is 0 Å². The van der Waals surface area contributed by atoms with Crippen molar-refractivity contribution in [1.82, 2.24) is 0 Å². The van der Waals surface area contributed by atoms with Crippen LogP contribution in [0.1, 0.15) is 74.7 Å². The standard InChI is InChI=1S/2C6H14O3.C6H14O2.C4H10O3.C2H6O2.C2H6O/c1-5(7)3-9-4-6(2)8;1-3-5(7)9-6(8)4-2;1-5(7)4-6(2,3)8;5-1-3-7-4-2-6;3-1-2-4;1-2-3/h2*5-8H,3-4H2,1-2H3;5,7-8H,4H2,1-3H3;5-6H,1-4H2;3-4H,1-2H2;3H,2H2,1H3. The van der Waals surface area contributed by atoms with E-state index in [2.05, 4.69) is 9.47 Å². The number of aliphatic hydroxyl groups is 11. The maximum atomic E-state index is 9.03. The molecule has 5 unspecified atom stereocenters. The van der Waals surface area contributed by atoms with Crippen LogP contribution in [0.4, 0.5) is 0 Å². The highest BCUT2D eigenvalue weighted by atomic mass is 16.7. The van der Waals surface area contributed by atoms with Crippen molar-refractivity contribution in [3.05, 3.63) is 0 Å². The van der Waals surface area contributed by atoms with Gasteiger partial charge in [-0.25, -0.2) is 0 Å². The molecule has 14 nitrogen and oxygen atoms in total. The van der Waals surface area contributed by atoms with Crippen molar-refractivity contribution < 1.29 is 70.4 Å². The van der Waals surface area contributed by atoms with E-state index >= 15 is 0 Å². The zero-order valence-electron chi connectivity index (χ0n) is 26.0. The van der Waals surface area contributed by atoms with Crippen LogP contribution in [0.5, 0.6) is 0 Å². The maximum absolute atomic E-state index is 9.03. The molecule has 0 aliphatic carbocycles.